The molecule has 0 radical (unpaired) electrons. The van der Waals surface area contributed by atoms with Crippen molar-refractivity contribution < 1.29 is 13.2 Å². The van der Waals surface area contributed by atoms with Gasteiger partial charge in [-0.25, -0.2) is 0 Å². The van der Waals surface area contributed by atoms with E-state index in [0.29, 0.717) is 6.54 Å². The Labute approximate surface area is 125 Å². The molecule has 1 unspecified atom stereocenters. The van der Waals surface area contributed by atoms with Gasteiger partial charge in [-0.05, 0) is 42.2 Å². The van der Waals surface area contributed by atoms with Crippen molar-refractivity contribution in [3.8, 4) is 0 Å². The van der Waals surface area contributed by atoms with Crippen LogP contribution in [0.2, 0.25) is 0 Å². The van der Waals surface area contributed by atoms with Crippen molar-refractivity contribution in [3.05, 3.63) is 46.0 Å². The van der Waals surface area contributed by atoms with Gasteiger partial charge < -0.3 is 5.32 Å². The smallest absolute Gasteiger partial charge is 0.306 e. The van der Waals surface area contributed by atoms with E-state index in [2.05, 4.69) is 14.9 Å². The van der Waals surface area contributed by atoms with E-state index in [9.17, 15) is 13.2 Å². The van der Waals surface area contributed by atoms with Gasteiger partial charge in [-0.15, -0.1) is 5.10 Å². The van der Waals surface area contributed by atoms with Gasteiger partial charge in [0.1, 0.15) is 0 Å². The lowest BCUT2D eigenvalue weighted by atomic mass is 10.0. The minimum absolute atomic E-state index is 0.174. The van der Waals surface area contributed by atoms with Crippen molar-refractivity contribution in [3.63, 3.8) is 0 Å². The maximum absolute atomic E-state index is 12.6. The standard InChI is InChI=1S/C14H16F3N3S/c1-3-11-13(21-20-19-11)12(18-4-2)9-5-7-10(8-6-9)14(15,16)17/h5-8,12,18H,3-4H2,1-2H3. The predicted octanol–water partition coefficient (Wildman–Crippen LogP) is 3.82. The van der Waals surface area contributed by atoms with Gasteiger partial charge in [0.05, 0.1) is 22.2 Å². The Bertz CT molecular complexity index is 578. The third-order valence-electron chi connectivity index (χ3n) is 3.16. The van der Waals surface area contributed by atoms with Crippen LogP contribution in [0.4, 0.5) is 13.2 Å². The number of benzene rings is 1. The lowest BCUT2D eigenvalue weighted by Gasteiger charge is -2.18. The fourth-order valence-corrected chi connectivity index (χ4v) is 2.95. The minimum atomic E-state index is -4.31. The quantitative estimate of drug-likeness (QED) is 0.911. The molecule has 2 rings (SSSR count). The summed E-state index contributed by atoms with van der Waals surface area (Å²) in [6.07, 6.45) is -3.57. The number of hydrogen-bond donors (Lipinski definition) is 1. The highest BCUT2D eigenvalue weighted by molar-refractivity contribution is 7.05. The lowest BCUT2D eigenvalue weighted by Crippen LogP contribution is -2.22. The van der Waals surface area contributed by atoms with Crippen molar-refractivity contribution in [2.24, 2.45) is 0 Å². The Balaban J connectivity index is 2.35. The molecule has 3 nitrogen and oxygen atoms in total. The molecule has 7 heteroatoms. The average molecular weight is 315 g/mol. The van der Waals surface area contributed by atoms with Crippen molar-refractivity contribution in [1.29, 1.82) is 0 Å². The zero-order valence-corrected chi connectivity index (χ0v) is 12.6. The Morgan fingerprint density at radius 3 is 2.38 bits per heavy atom. The second kappa shape index (κ2) is 6.53. The van der Waals surface area contributed by atoms with Crippen LogP contribution in [0.3, 0.4) is 0 Å². The summed E-state index contributed by atoms with van der Waals surface area (Å²) in [4.78, 5) is 0.958. The first-order valence-corrected chi connectivity index (χ1v) is 7.46. The molecular formula is C14H16F3N3S. The zero-order valence-electron chi connectivity index (χ0n) is 11.7. The fraction of sp³-hybridized carbons (Fsp3) is 0.429. The van der Waals surface area contributed by atoms with Crippen LogP contribution < -0.4 is 5.32 Å². The zero-order chi connectivity index (χ0) is 15.5. The van der Waals surface area contributed by atoms with Crippen molar-refractivity contribution in [1.82, 2.24) is 14.9 Å². The SMILES string of the molecule is CCNC(c1ccc(C(F)(F)F)cc1)c1snnc1CC. The molecule has 21 heavy (non-hydrogen) atoms. The largest absolute Gasteiger partial charge is 0.416 e. The minimum Gasteiger partial charge on any atom is -0.306 e. The molecule has 2 aromatic rings. The molecule has 0 aliphatic rings. The molecule has 0 amide bonds. The second-order valence-electron chi connectivity index (χ2n) is 4.55. The van der Waals surface area contributed by atoms with Gasteiger partial charge in [0, 0.05) is 0 Å². The Morgan fingerprint density at radius 2 is 1.86 bits per heavy atom. The third-order valence-corrected chi connectivity index (χ3v) is 3.99. The molecule has 0 spiro atoms. The van der Waals surface area contributed by atoms with Gasteiger partial charge in [-0.1, -0.05) is 30.5 Å². The molecule has 0 aliphatic carbocycles. The summed E-state index contributed by atoms with van der Waals surface area (Å²) in [5, 5.41) is 7.35. The number of alkyl halides is 3. The highest BCUT2D eigenvalue weighted by Gasteiger charge is 2.30. The van der Waals surface area contributed by atoms with Gasteiger partial charge >= 0.3 is 6.18 Å². The van der Waals surface area contributed by atoms with Gasteiger partial charge in [0.2, 0.25) is 0 Å². The lowest BCUT2D eigenvalue weighted by molar-refractivity contribution is -0.137. The van der Waals surface area contributed by atoms with Crippen LogP contribution in [0.5, 0.6) is 0 Å². The van der Waals surface area contributed by atoms with Crippen LogP contribution in [0.25, 0.3) is 0 Å². The summed E-state index contributed by atoms with van der Waals surface area (Å²) in [5.41, 5.74) is 1.02. The van der Waals surface area contributed by atoms with Crippen LogP contribution in [0.1, 0.15) is 41.6 Å². The second-order valence-corrected chi connectivity index (χ2v) is 5.33. The van der Waals surface area contributed by atoms with Crippen molar-refractivity contribution in [2.45, 2.75) is 32.5 Å². The summed E-state index contributed by atoms with van der Waals surface area (Å²) in [6.45, 7) is 4.64. The van der Waals surface area contributed by atoms with E-state index in [1.165, 1.54) is 23.7 Å². The van der Waals surface area contributed by atoms with Gasteiger partial charge in [0.15, 0.2) is 0 Å². The number of hydrogen-bond acceptors (Lipinski definition) is 4. The highest BCUT2D eigenvalue weighted by Crippen LogP contribution is 2.32. The average Bonchev–Trinajstić information content (AvgIpc) is 2.92. The molecule has 0 fully saturated rings. The number of aryl methyl sites for hydroxylation is 1. The molecule has 1 aromatic heterocycles. The summed E-state index contributed by atoms with van der Waals surface area (Å²) >= 11 is 1.28. The molecule has 0 saturated heterocycles. The van der Waals surface area contributed by atoms with Gasteiger partial charge in [0.25, 0.3) is 0 Å². The first-order valence-electron chi connectivity index (χ1n) is 6.69. The van der Waals surface area contributed by atoms with E-state index in [1.807, 2.05) is 13.8 Å². The van der Waals surface area contributed by atoms with E-state index >= 15 is 0 Å². The van der Waals surface area contributed by atoms with Crippen LogP contribution in [-0.2, 0) is 12.6 Å². The normalized spacial score (nSPS) is 13.4. The fourth-order valence-electron chi connectivity index (χ4n) is 2.11. The van der Waals surface area contributed by atoms with Gasteiger partial charge in [-0.3, -0.25) is 0 Å². The molecular weight excluding hydrogens is 299 g/mol. The van der Waals surface area contributed by atoms with Crippen LogP contribution in [0, 0.1) is 0 Å². The van der Waals surface area contributed by atoms with Crippen molar-refractivity contribution in [2.75, 3.05) is 6.54 Å². The van der Waals surface area contributed by atoms with Crippen LogP contribution in [-0.4, -0.2) is 16.1 Å². The third kappa shape index (κ3) is 3.59. The van der Waals surface area contributed by atoms with Crippen LogP contribution in [0.15, 0.2) is 24.3 Å². The highest BCUT2D eigenvalue weighted by atomic mass is 32.1. The van der Waals surface area contributed by atoms with E-state index in [-0.39, 0.29) is 6.04 Å². The molecule has 0 aliphatic heterocycles. The summed E-state index contributed by atoms with van der Waals surface area (Å²) in [6, 6.07) is 5.07. The maximum atomic E-state index is 12.6. The maximum Gasteiger partial charge on any atom is 0.416 e. The molecule has 1 aromatic carbocycles. The van der Waals surface area contributed by atoms with Crippen molar-refractivity contribution >= 4 is 11.5 Å². The first kappa shape index (κ1) is 15.9. The Kier molecular flexibility index (Phi) is 4.95. The monoisotopic (exact) mass is 315 g/mol. The molecule has 1 atom stereocenters. The Morgan fingerprint density at radius 1 is 1.19 bits per heavy atom. The molecule has 1 heterocycles. The summed E-state index contributed by atoms with van der Waals surface area (Å²) in [7, 11) is 0. The van der Waals surface area contributed by atoms with Gasteiger partial charge in [-0.2, -0.15) is 13.2 Å². The number of nitrogens with zero attached hydrogens (tertiary/aromatic N) is 2. The van der Waals surface area contributed by atoms with E-state index < -0.39 is 11.7 Å². The number of rotatable bonds is 5. The van der Waals surface area contributed by atoms with E-state index in [4.69, 9.17) is 0 Å². The molecule has 0 saturated carbocycles. The van der Waals surface area contributed by atoms with Crippen LogP contribution >= 0.6 is 11.5 Å². The van der Waals surface area contributed by atoms with E-state index in [1.54, 1.807) is 0 Å². The molecule has 0 bridgehead atoms. The molecule has 1 N–H and O–H groups in total. The van der Waals surface area contributed by atoms with E-state index in [0.717, 1.165) is 34.7 Å². The predicted molar refractivity (Wildman–Crippen MR) is 76.3 cm³/mol. The summed E-state index contributed by atoms with van der Waals surface area (Å²) < 4.78 is 41.8. The number of halogens is 3. The Hall–Kier alpha value is -1.47. The first-order chi connectivity index (χ1) is 9.97. The molecule has 114 valence electrons. The number of aromatic nitrogens is 2. The summed E-state index contributed by atoms with van der Waals surface area (Å²) in [5.74, 6) is 0. The topological polar surface area (TPSA) is 37.8 Å². The number of nitrogens with one attached hydrogen (secondary N) is 1.